The van der Waals surface area contributed by atoms with Crippen LogP contribution in [0.1, 0.15) is 43.5 Å². The molecule has 4 rings (SSSR count). The van der Waals surface area contributed by atoms with E-state index in [4.69, 9.17) is 0 Å². The average molecular weight is 427 g/mol. The van der Waals surface area contributed by atoms with E-state index < -0.39 is 0 Å². The minimum atomic E-state index is -0.00171. The second kappa shape index (κ2) is 9.39. The number of carbonyl (C=O) groups is 3. The van der Waals surface area contributed by atoms with E-state index in [1.165, 1.54) is 6.42 Å². The molecule has 2 atom stereocenters. The molecule has 3 aliphatic heterocycles. The van der Waals surface area contributed by atoms with Gasteiger partial charge in [0.25, 0.3) is 5.91 Å². The van der Waals surface area contributed by atoms with Gasteiger partial charge in [0.1, 0.15) is 0 Å². The summed E-state index contributed by atoms with van der Waals surface area (Å²) in [4.78, 5) is 45.6. The van der Waals surface area contributed by atoms with Crippen molar-refractivity contribution in [3.63, 3.8) is 0 Å². The zero-order chi connectivity index (χ0) is 22.0. The number of piperazine rings is 1. The summed E-state index contributed by atoms with van der Waals surface area (Å²) < 4.78 is 0. The molecule has 3 aliphatic rings. The third-order valence-corrected chi connectivity index (χ3v) is 6.72. The van der Waals surface area contributed by atoms with Crippen LogP contribution in [0, 0.1) is 11.8 Å². The van der Waals surface area contributed by atoms with Crippen LogP contribution >= 0.6 is 0 Å². The maximum Gasteiger partial charge on any atom is 0.254 e. The summed E-state index contributed by atoms with van der Waals surface area (Å²) in [7, 11) is 0. The molecule has 0 aliphatic carbocycles. The quantitative estimate of drug-likeness (QED) is 0.740. The maximum absolute atomic E-state index is 13.0. The summed E-state index contributed by atoms with van der Waals surface area (Å²) in [6.45, 7) is 9.96. The molecule has 3 saturated heterocycles. The van der Waals surface area contributed by atoms with E-state index in [2.05, 4.69) is 18.7 Å². The summed E-state index contributed by atoms with van der Waals surface area (Å²) in [6, 6.07) is 7.40. The summed E-state index contributed by atoms with van der Waals surface area (Å²) in [5, 5.41) is 0. The Balaban J connectivity index is 1.30. The van der Waals surface area contributed by atoms with Gasteiger partial charge in [0.05, 0.1) is 6.54 Å². The number of anilines is 1. The number of piperidine rings is 1. The van der Waals surface area contributed by atoms with E-state index in [9.17, 15) is 14.4 Å². The molecule has 3 amide bonds. The number of hydrogen-bond donors (Lipinski definition) is 0. The third kappa shape index (κ3) is 5.09. The number of nitrogens with zero attached hydrogens (tertiary/aromatic N) is 4. The summed E-state index contributed by atoms with van der Waals surface area (Å²) in [5.74, 6) is 1.46. The molecule has 0 saturated carbocycles. The minimum Gasteiger partial charge on any atom is -0.341 e. The van der Waals surface area contributed by atoms with Crippen LogP contribution in [0.4, 0.5) is 5.69 Å². The van der Waals surface area contributed by atoms with E-state index in [-0.39, 0.29) is 17.7 Å². The summed E-state index contributed by atoms with van der Waals surface area (Å²) >= 11 is 0. The summed E-state index contributed by atoms with van der Waals surface area (Å²) in [6.07, 6.45) is 2.64. The molecule has 1 aromatic carbocycles. The molecule has 168 valence electrons. The van der Waals surface area contributed by atoms with Gasteiger partial charge in [-0.15, -0.1) is 0 Å². The van der Waals surface area contributed by atoms with E-state index >= 15 is 0 Å². The van der Waals surface area contributed by atoms with Crippen LogP contribution in [0.15, 0.2) is 24.3 Å². The maximum atomic E-state index is 13.0. The molecule has 0 aromatic heterocycles. The van der Waals surface area contributed by atoms with Crippen LogP contribution < -0.4 is 4.90 Å². The Morgan fingerprint density at radius 1 is 0.968 bits per heavy atom. The SMILES string of the molecule is C[C@@H]1C[C@H](C)CN(C(=O)CN2CCN(C(=O)c3cccc(N4CCCC4=O)c3)CC2)C1. The van der Waals surface area contributed by atoms with Crippen molar-refractivity contribution in [3.05, 3.63) is 29.8 Å². The summed E-state index contributed by atoms with van der Waals surface area (Å²) in [5.41, 5.74) is 1.43. The number of carbonyl (C=O) groups excluding carboxylic acids is 3. The Bertz CT molecular complexity index is 824. The standard InChI is InChI=1S/C24H34N4O3/c1-18-13-19(2)16-27(15-18)23(30)17-25-9-11-26(12-10-25)24(31)20-5-3-6-21(14-20)28-8-4-7-22(28)29/h3,5-6,14,18-19H,4,7-13,15-17H2,1-2H3/t18-,19+. The lowest BCUT2D eigenvalue weighted by Crippen LogP contribution is -2.53. The Hall–Kier alpha value is -2.41. The highest BCUT2D eigenvalue weighted by Gasteiger charge is 2.29. The van der Waals surface area contributed by atoms with Gasteiger partial charge in [-0.2, -0.15) is 0 Å². The van der Waals surface area contributed by atoms with Gasteiger partial charge >= 0.3 is 0 Å². The van der Waals surface area contributed by atoms with Crippen molar-refractivity contribution in [2.24, 2.45) is 11.8 Å². The smallest absolute Gasteiger partial charge is 0.254 e. The van der Waals surface area contributed by atoms with Crippen molar-refractivity contribution in [1.82, 2.24) is 14.7 Å². The zero-order valence-electron chi connectivity index (χ0n) is 18.8. The minimum absolute atomic E-state index is 0.00171. The van der Waals surface area contributed by atoms with Crippen LogP contribution in [-0.4, -0.2) is 84.8 Å². The molecule has 3 fully saturated rings. The van der Waals surface area contributed by atoms with E-state index in [1.54, 1.807) is 4.90 Å². The molecular weight excluding hydrogens is 392 g/mol. The normalized spacial score (nSPS) is 25.2. The lowest BCUT2D eigenvalue weighted by molar-refractivity contribution is -0.135. The topological polar surface area (TPSA) is 64.2 Å². The Labute approximate surface area is 185 Å². The van der Waals surface area contributed by atoms with Crippen LogP contribution in [0.5, 0.6) is 0 Å². The van der Waals surface area contributed by atoms with Crippen molar-refractivity contribution in [2.45, 2.75) is 33.1 Å². The lowest BCUT2D eigenvalue weighted by atomic mass is 9.92. The first-order chi connectivity index (χ1) is 14.9. The van der Waals surface area contributed by atoms with Gasteiger partial charge in [0, 0.05) is 63.5 Å². The predicted octanol–water partition coefficient (Wildman–Crippen LogP) is 2.08. The van der Waals surface area contributed by atoms with Gasteiger partial charge in [-0.3, -0.25) is 19.3 Å². The Kier molecular flexibility index (Phi) is 6.60. The number of hydrogen-bond acceptors (Lipinski definition) is 4. The van der Waals surface area contributed by atoms with E-state index in [0.717, 1.165) is 31.7 Å². The van der Waals surface area contributed by atoms with Crippen LogP contribution in [0.2, 0.25) is 0 Å². The molecule has 31 heavy (non-hydrogen) atoms. The highest BCUT2D eigenvalue weighted by atomic mass is 16.2. The Morgan fingerprint density at radius 3 is 2.32 bits per heavy atom. The van der Waals surface area contributed by atoms with Crippen LogP contribution in [0.25, 0.3) is 0 Å². The van der Waals surface area contributed by atoms with Gasteiger partial charge in [0.2, 0.25) is 11.8 Å². The van der Waals surface area contributed by atoms with Crippen molar-refractivity contribution in [1.29, 1.82) is 0 Å². The molecule has 3 heterocycles. The third-order valence-electron chi connectivity index (χ3n) is 6.72. The Morgan fingerprint density at radius 2 is 1.68 bits per heavy atom. The van der Waals surface area contributed by atoms with E-state index in [0.29, 0.717) is 56.5 Å². The molecule has 1 aromatic rings. The van der Waals surface area contributed by atoms with Crippen molar-refractivity contribution in [3.8, 4) is 0 Å². The highest BCUT2D eigenvalue weighted by Crippen LogP contribution is 2.24. The largest absolute Gasteiger partial charge is 0.341 e. The molecular formula is C24H34N4O3. The van der Waals surface area contributed by atoms with E-state index in [1.807, 2.05) is 34.1 Å². The molecule has 7 heteroatoms. The fraction of sp³-hybridized carbons (Fsp3) is 0.625. The average Bonchev–Trinajstić information content (AvgIpc) is 3.19. The highest BCUT2D eigenvalue weighted by molar-refractivity contribution is 5.99. The first-order valence-corrected chi connectivity index (χ1v) is 11.6. The number of rotatable bonds is 4. The first-order valence-electron chi connectivity index (χ1n) is 11.6. The van der Waals surface area contributed by atoms with Gasteiger partial charge in [-0.1, -0.05) is 19.9 Å². The van der Waals surface area contributed by atoms with Crippen LogP contribution in [0.3, 0.4) is 0 Å². The van der Waals surface area contributed by atoms with Gasteiger partial charge in [0.15, 0.2) is 0 Å². The molecule has 7 nitrogen and oxygen atoms in total. The fourth-order valence-corrected chi connectivity index (χ4v) is 5.18. The van der Waals surface area contributed by atoms with Gasteiger partial charge in [-0.05, 0) is 42.9 Å². The fourth-order valence-electron chi connectivity index (χ4n) is 5.18. The zero-order valence-corrected chi connectivity index (χ0v) is 18.8. The molecule has 0 unspecified atom stereocenters. The second-order valence-corrected chi connectivity index (χ2v) is 9.51. The molecule has 0 N–H and O–H groups in total. The predicted molar refractivity (Wildman–Crippen MR) is 120 cm³/mol. The lowest BCUT2D eigenvalue weighted by Gasteiger charge is -2.38. The molecule has 0 spiro atoms. The first kappa shape index (κ1) is 21.8. The second-order valence-electron chi connectivity index (χ2n) is 9.51. The van der Waals surface area contributed by atoms with Crippen molar-refractivity contribution in [2.75, 3.05) is 57.3 Å². The van der Waals surface area contributed by atoms with Crippen LogP contribution in [-0.2, 0) is 9.59 Å². The van der Waals surface area contributed by atoms with Crippen molar-refractivity contribution >= 4 is 23.4 Å². The monoisotopic (exact) mass is 426 g/mol. The number of benzene rings is 1. The van der Waals surface area contributed by atoms with Gasteiger partial charge < -0.3 is 14.7 Å². The number of amides is 3. The number of likely N-dealkylation sites (tertiary alicyclic amines) is 1. The van der Waals surface area contributed by atoms with Crippen molar-refractivity contribution < 1.29 is 14.4 Å². The van der Waals surface area contributed by atoms with Gasteiger partial charge in [-0.25, -0.2) is 0 Å². The molecule has 0 bridgehead atoms. The molecule has 0 radical (unpaired) electrons.